The lowest BCUT2D eigenvalue weighted by molar-refractivity contribution is 0.102. The summed E-state index contributed by atoms with van der Waals surface area (Å²) in [6, 6.07) is 22.2. The minimum Gasteiger partial charge on any atom is -0.322 e. The van der Waals surface area contributed by atoms with E-state index in [1.807, 2.05) is 43.3 Å². The largest absolute Gasteiger partial charge is 0.322 e. The molecule has 0 aliphatic heterocycles. The first kappa shape index (κ1) is 13.8. The summed E-state index contributed by atoms with van der Waals surface area (Å²) in [7, 11) is 0. The molecule has 0 saturated carbocycles. The SMILES string of the molecule is Cc1ccccc1NC(=O)c1ccc2c(c1)Cc1ccccc1-2. The zero-order valence-electron chi connectivity index (χ0n) is 13.0. The number of carbonyl (C=O) groups is 1. The molecule has 0 heterocycles. The number of nitrogens with one attached hydrogen (secondary N) is 1. The highest BCUT2D eigenvalue weighted by Gasteiger charge is 2.19. The summed E-state index contributed by atoms with van der Waals surface area (Å²) < 4.78 is 0. The molecule has 2 nitrogen and oxygen atoms in total. The summed E-state index contributed by atoms with van der Waals surface area (Å²) >= 11 is 0. The van der Waals surface area contributed by atoms with Crippen molar-refractivity contribution >= 4 is 11.6 Å². The fourth-order valence-corrected chi connectivity index (χ4v) is 3.19. The van der Waals surface area contributed by atoms with Crippen molar-refractivity contribution in [3.8, 4) is 11.1 Å². The maximum Gasteiger partial charge on any atom is 0.255 e. The van der Waals surface area contributed by atoms with Crippen LogP contribution in [0.3, 0.4) is 0 Å². The molecule has 3 aromatic rings. The average Bonchev–Trinajstić information content (AvgIpc) is 2.94. The summed E-state index contributed by atoms with van der Waals surface area (Å²) in [5.41, 5.74) is 7.72. The van der Waals surface area contributed by atoms with Crippen molar-refractivity contribution in [3.63, 3.8) is 0 Å². The van der Waals surface area contributed by atoms with Gasteiger partial charge in [0.1, 0.15) is 0 Å². The van der Waals surface area contributed by atoms with Crippen molar-refractivity contribution < 1.29 is 4.79 Å². The van der Waals surface area contributed by atoms with E-state index >= 15 is 0 Å². The van der Waals surface area contributed by atoms with Crippen LogP contribution in [0.2, 0.25) is 0 Å². The van der Waals surface area contributed by atoms with Gasteiger partial charge in [0.05, 0.1) is 0 Å². The number of fused-ring (bicyclic) bond motifs is 3. The Morgan fingerprint density at radius 3 is 2.48 bits per heavy atom. The van der Waals surface area contributed by atoms with Crippen molar-refractivity contribution in [1.29, 1.82) is 0 Å². The maximum absolute atomic E-state index is 12.5. The molecule has 23 heavy (non-hydrogen) atoms. The number of hydrogen-bond donors (Lipinski definition) is 1. The second-order valence-corrected chi connectivity index (χ2v) is 5.97. The third-order valence-corrected chi connectivity index (χ3v) is 4.45. The predicted octanol–water partition coefficient (Wildman–Crippen LogP) is 4.82. The lowest BCUT2D eigenvalue weighted by Gasteiger charge is -2.09. The van der Waals surface area contributed by atoms with Crippen LogP contribution in [0.25, 0.3) is 11.1 Å². The number of para-hydroxylation sites is 1. The molecule has 0 radical (unpaired) electrons. The molecule has 0 saturated heterocycles. The minimum absolute atomic E-state index is 0.0574. The minimum atomic E-state index is -0.0574. The van der Waals surface area contributed by atoms with Crippen LogP contribution in [0.4, 0.5) is 5.69 Å². The number of benzene rings is 3. The van der Waals surface area contributed by atoms with E-state index < -0.39 is 0 Å². The van der Waals surface area contributed by atoms with Gasteiger partial charge in [-0.05, 0) is 59.4 Å². The second-order valence-electron chi connectivity index (χ2n) is 5.97. The van der Waals surface area contributed by atoms with Gasteiger partial charge in [-0.15, -0.1) is 0 Å². The van der Waals surface area contributed by atoms with E-state index in [2.05, 4.69) is 35.6 Å². The lowest BCUT2D eigenvalue weighted by atomic mass is 10.0. The van der Waals surface area contributed by atoms with Gasteiger partial charge in [-0.2, -0.15) is 0 Å². The van der Waals surface area contributed by atoms with E-state index in [4.69, 9.17) is 0 Å². The van der Waals surface area contributed by atoms with Gasteiger partial charge in [0.25, 0.3) is 5.91 Å². The standard InChI is InChI=1S/C21H17NO/c1-14-6-2-5-9-20(14)22-21(23)16-10-11-19-17(13-16)12-15-7-3-4-8-18(15)19/h2-11,13H,12H2,1H3,(H,22,23). The molecule has 0 fully saturated rings. The van der Waals surface area contributed by atoms with Crippen molar-refractivity contribution in [1.82, 2.24) is 0 Å². The van der Waals surface area contributed by atoms with E-state index in [0.29, 0.717) is 5.56 Å². The highest BCUT2D eigenvalue weighted by Crippen LogP contribution is 2.36. The molecule has 0 spiro atoms. The first-order valence-electron chi connectivity index (χ1n) is 7.80. The van der Waals surface area contributed by atoms with Gasteiger partial charge in [0, 0.05) is 11.3 Å². The summed E-state index contributed by atoms with van der Waals surface area (Å²) in [5, 5.41) is 3.00. The van der Waals surface area contributed by atoms with Gasteiger partial charge in [0.15, 0.2) is 0 Å². The molecule has 1 amide bonds. The molecule has 3 aromatic carbocycles. The molecular weight excluding hydrogens is 282 g/mol. The molecule has 1 aliphatic rings. The molecule has 0 aromatic heterocycles. The fraction of sp³-hybridized carbons (Fsp3) is 0.0952. The van der Waals surface area contributed by atoms with Gasteiger partial charge >= 0.3 is 0 Å². The quantitative estimate of drug-likeness (QED) is 0.565. The number of amides is 1. The Labute approximate surface area is 135 Å². The van der Waals surface area contributed by atoms with E-state index in [1.54, 1.807) is 0 Å². The van der Waals surface area contributed by atoms with Crippen molar-refractivity contribution in [2.75, 3.05) is 5.32 Å². The molecule has 4 rings (SSSR count). The highest BCUT2D eigenvalue weighted by molar-refractivity contribution is 6.05. The van der Waals surface area contributed by atoms with Crippen molar-refractivity contribution in [2.24, 2.45) is 0 Å². The number of carbonyl (C=O) groups excluding carboxylic acids is 1. The van der Waals surface area contributed by atoms with Crippen LogP contribution in [0.15, 0.2) is 66.7 Å². The third-order valence-electron chi connectivity index (χ3n) is 4.45. The average molecular weight is 299 g/mol. The van der Waals surface area contributed by atoms with Crippen LogP contribution < -0.4 is 5.32 Å². The van der Waals surface area contributed by atoms with E-state index in [-0.39, 0.29) is 5.91 Å². The van der Waals surface area contributed by atoms with Crippen LogP contribution in [0, 0.1) is 6.92 Å². The predicted molar refractivity (Wildman–Crippen MR) is 93.8 cm³/mol. The van der Waals surface area contributed by atoms with Gasteiger partial charge in [-0.1, -0.05) is 48.5 Å². The Hall–Kier alpha value is -2.87. The molecule has 1 N–H and O–H groups in total. The van der Waals surface area contributed by atoms with Crippen LogP contribution in [-0.4, -0.2) is 5.91 Å². The van der Waals surface area contributed by atoms with E-state index in [9.17, 15) is 4.79 Å². The zero-order chi connectivity index (χ0) is 15.8. The van der Waals surface area contributed by atoms with E-state index in [0.717, 1.165) is 17.7 Å². The number of hydrogen-bond acceptors (Lipinski definition) is 1. The highest BCUT2D eigenvalue weighted by atomic mass is 16.1. The fourth-order valence-electron chi connectivity index (χ4n) is 3.19. The van der Waals surface area contributed by atoms with Gasteiger partial charge in [-0.25, -0.2) is 0 Å². The normalized spacial score (nSPS) is 11.7. The van der Waals surface area contributed by atoms with Crippen LogP contribution >= 0.6 is 0 Å². The van der Waals surface area contributed by atoms with Gasteiger partial charge in [-0.3, -0.25) is 4.79 Å². The summed E-state index contributed by atoms with van der Waals surface area (Å²) in [4.78, 5) is 12.5. The van der Waals surface area contributed by atoms with Crippen LogP contribution in [-0.2, 0) is 6.42 Å². The van der Waals surface area contributed by atoms with Crippen molar-refractivity contribution in [3.05, 3.63) is 89.0 Å². The zero-order valence-corrected chi connectivity index (χ0v) is 13.0. The second kappa shape index (κ2) is 5.40. The molecule has 2 heteroatoms. The van der Waals surface area contributed by atoms with Crippen LogP contribution in [0.5, 0.6) is 0 Å². The number of aryl methyl sites for hydroxylation is 1. The van der Waals surface area contributed by atoms with Crippen LogP contribution in [0.1, 0.15) is 27.0 Å². The number of anilines is 1. The third kappa shape index (κ3) is 2.42. The molecule has 0 unspecified atom stereocenters. The molecule has 112 valence electrons. The first-order chi connectivity index (χ1) is 11.2. The van der Waals surface area contributed by atoms with Crippen molar-refractivity contribution in [2.45, 2.75) is 13.3 Å². The monoisotopic (exact) mass is 299 g/mol. The summed E-state index contributed by atoms with van der Waals surface area (Å²) in [6.07, 6.45) is 0.900. The Balaban J connectivity index is 1.63. The van der Waals surface area contributed by atoms with Gasteiger partial charge < -0.3 is 5.32 Å². The molecule has 1 aliphatic carbocycles. The Morgan fingerprint density at radius 1 is 0.870 bits per heavy atom. The Morgan fingerprint density at radius 2 is 1.61 bits per heavy atom. The van der Waals surface area contributed by atoms with E-state index in [1.165, 1.54) is 22.3 Å². The first-order valence-corrected chi connectivity index (χ1v) is 7.80. The lowest BCUT2D eigenvalue weighted by Crippen LogP contribution is -2.13. The topological polar surface area (TPSA) is 29.1 Å². The molecule has 0 atom stereocenters. The maximum atomic E-state index is 12.5. The number of rotatable bonds is 2. The smallest absolute Gasteiger partial charge is 0.255 e. The Bertz CT molecular complexity index is 911. The summed E-state index contributed by atoms with van der Waals surface area (Å²) in [5.74, 6) is -0.0574. The molecular formula is C21H17NO. The molecule has 0 bridgehead atoms. The van der Waals surface area contributed by atoms with Gasteiger partial charge in [0.2, 0.25) is 0 Å². The Kier molecular flexibility index (Phi) is 3.23. The summed E-state index contributed by atoms with van der Waals surface area (Å²) in [6.45, 7) is 1.99.